The Morgan fingerprint density at radius 3 is 2.92 bits per heavy atom. The van der Waals surface area contributed by atoms with Gasteiger partial charge in [0.05, 0.1) is 12.7 Å². The van der Waals surface area contributed by atoms with E-state index in [-0.39, 0.29) is 17.6 Å². The van der Waals surface area contributed by atoms with Crippen LogP contribution in [0.1, 0.15) is 32.1 Å². The van der Waals surface area contributed by atoms with Crippen LogP contribution in [0.5, 0.6) is 5.88 Å². The number of piperidine rings is 1. The van der Waals surface area contributed by atoms with E-state index in [2.05, 4.69) is 4.98 Å². The van der Waals surface area contributed by atoms with Gasteiger partial charge in [0.1, 0.15) is 0 Å². The molecule has 3 saturated heterocycles. The molecule has 3 aliphatic heterocycles. The molecule has 3 fully saturated rings. The summed E-state index contributed by atoms with van der Waals surface area (Å²) in [5.41, 5.74) is -0.122. The van der Waals surface area contributed by atoms with Crippen LogP contribution in [0.3, 0.4) is 0 Å². The first-order chi connectivity index (χ1) is 12.3. The van der Waals surface area contributed by atoms with E-state index in [1.807, 2.05) is 28.0 Å². The molecule has 0 radical (unpaired) electrons. The minimum atomic E-state index is -0.122. The van der Waals surface area contributed by atoms with Gasteiger partial charge in [0, 0.05) is 50.5 Å². The van der Waals surface area contributed by atoms with Crippen molar-refractivity contribution in [2.45, 2.75) is 38.2 Å². The number of pyridine rings is 1. The summed E-state index contributed by atoms with van der Waals surface area (Å²) in [6.45, 7) is 4.67. The van der Waals surface area contributed by atoms with E-state index in [0.717, 1.165) is 64.9 Å². The number of carbonyl (C=O) groups excluding carboxylic acids is 1. The number of fused-ring (bicyclic) bond motifs is 1. The molecule has 1 aromatic rings. The van der Waals surface area contributed by atoms with Crippen LogP contribution in [0.4, 0.5) is 4.79 Å². The molecular weight excluding hydrogens is 318 g/mol. The van der Waals surface area contributed by atoms with Gasteiger partial charge in [-0.2, -0.15) is 0 Å². The third-order valence-corrected chi connectivity index (χ3v) is 5.78. The van der Waals surface area contributed by atoms with E-state index in [1.54, 1.807) is 6.20 Å². The van der Waals surface area contributed by atoms with Crippen LogP contribution in [0, 0.1) is 5.41 Å². The van der Waals surface area contributed by atoms with Crippen molar-refractivity contribution in [2.75, 3.05) is 39.4 Å². The fourth-order valence-corrected chi connectivity index (χ4v) is 4.42. The van der Waals surface area contributed by atoms with E-state index >= 15 is 0 Å². The summed E-state index contributed by atoms with van der Waals surface area (Å²) in [5, 5.41) is 0. The maximum absolute atomic E-state index is 12.8. The monoisotopic (exact) mass is 345 g/mol. The summed E-state index contributed by atoms with van der Waals surface area (Å²) in [4.78, 5) is 21.1. The third kappa shape index (κ3) is 3.45. The van der Waals surface area contributed by atoms with Crippen molar-refractivity contribution in [1.29, 1.82) is 0 Å². The van der Waals surface area contributed by atoms with Gasteiger partial charge in [-0.3, -0.25) is 0 Å². The van der Waals surface area contributed by atoms with E-state index < -0.39 is 0 Å². The SMILES string of the molecule is O=C(N1CCCC1)N1CC[C@@H]2OCCC[C@@]2(COc2ccccn2)C1. The van der Waals surface area contributed by atoms with Gasteiger partial charge in [0.25, 0.3) is 0 Å². The number of rotatable bonds is 3. The number of hydrogen-bond donors (Lipinski definition) is 0. The molecule has 0 aromatic carbocycles. The average Bonchev–Trinajstić information content (AvgIpc) is 3.21. The van der Waals surface area contributed by atoms with Gasteiger partial charge >= 0.3 is 6.03 Å². The van der Waals surface area contributed by atoms with Gasteiger partial charge < -0.3 is 19.3 Å². The zero-order valence-corrected chi connectivity index (χ0v) is 14.7. The van der Waals surface area contributed by atoms with Crippen LogP contribution in [0.25, 0.3) is 0 Å². The molecule has 0 bridgehead atoms. The van der Waals surface area contributed by atoms with Crippen molar-refractivity contribution in [2.24, 2.45) is 5.41 Å². The maximum Gasteiger partial charge on any atom is 0.320 e. The lowest BCUT2D eigenvalue weighted by atomic mass is 9.73. The lowest BCUT2D eigenvalue weighted by molar-refractivity contribution is -0.134. The zero-order valence-electron chi connectivity index (χ0n) is 14.7. The lowest BCUT2D eigenvalue weighted by Gasteiger charge is -2.50. The van der Waals surface area contributed by atoms with Crippen molar-refractivity contribution in [3.05, 3.63) is 24.4 Å². The van der Waals surface area contributed by atoms with Gasteiger partial charge in [-0.25, -0.2) is 9.78 Å². The number of hydrogen-bond acceptors (Lipinski definition) is 4. The highest BCUT2D eigenvalue weighted by Gasteiger charge is 2.48. The lowest BCUT2D eigenvalue weighted by Crippen LogP contribution is -2.60. The number of carbonyl (C=O) groups is 1. The molecule has 4 heterocycles. The first-order valence-corrected chi connectivity index (χ1v) is 9.46. The number of likely N-dealkylation sites (tertiary alicyclic amines) is 2. The third-order valence-electron chi connectivity index (χ3n) is 5.78. The molecular formula is C19H27N3O3. The summed E-state index contributed by atoms with van der Waals surface area (Å²) in [6, 6.07) is 5.89. The Morgan fingerprint density at radius 2 is 2.12 bits per heavy atom. The predicted octanol–water partition coefficient (Wildman–Crippen LogP) is 2.55. The second kappa shape index (κ2) is 7.20. The predicted molar refractivity (Wildman–Crippen MR) is 93.5 cm³/mol. The number of ether oxygens (including phenoxy) is 2. The number of urea groups is 1. The summed E-state index contributed by atoms with van der Waals surface area (Å²) in [5.74, 6) is 0.643. The average molecular weight is 345 g/mol. The Labute approximate surface area is 149 Å². The van der Waals surface area contributed by atoms with Crippen molar-refractivity contribution >= 4 is 6.03 Å². The second-order valence-corrected chi connectivity index (χ2v) is 7.47. The number of amides is 2. The molecule has 6 nitrogen and oxygen atoms in total. The molecule has 0 unspecified atom stereocenters. The Morgan fingerprint density at radius 1 is 1.24 bits per heavy atom. The van der Waals surface area contributed by atoms with Gasteiger partial charge in [-0.05, 0) is 38.2 Å². The molecule has 0 aliphatic carbocycles. The minimum absolute atomic E-state index is 0.122. The van der Waals surface area contributed by atoms with E-state index in [1.165, 1.54) is 0 Å². The van der Waals surface area contributed by atoms with Crippen LogP contribution in [-0.2, 0) is 4.74 Å². The summed E-state index contributed by atoms with van der Waals surface area (Å²) >= 11 is 0. The Kier molecular flexibility index (Phi) is 4.79. The fraction of sp³-hybridized carbons (Fsp3) is 0.684. The molecule has 4 rings (SSSR count). The normalized spacial score (nSPS) is 29.4. The smallest absolute Gasteiger partial charge is 0.320 e. The standard InChI is InChI=1S/C19H27N3O3/c23-18(21-10-3-4-11-21)22-12-7-16-19(14-22,8-5-13-24-16)15-25-17-6-1-2-9-20-17/h1-2,6,9,16H,3-5,7-8,10-15H2/t16-,19-/m0/s1. The molecule has 3 aliphatic rings. The van der Waals surface area contributed by atoms with Gasteiger partial charge in [-0.15, -0.1) is 0 Å². The van der Waals surface area contributed by atoms with Gasteiger partial charge in [0.15, 0.2) is 0 Å². The highest BCUT2D eigenvalue weighted by molar-refractivity contribution is 5.75. The molecule has 6 heteroatoms. The summed E-state index contributed by atoms with van der Waals surface area (Å²) in [7, 11) is 0. The van der Waals surface area contributed by atoms with E-state index in [4.69, 9.17) is 9.47 Å². The summed E-state index contributed by atoms with van der Waals surface area (Å²) in [6.07, 6.45) is 7.12. The Bertz CT molecular complexity index is 591. The van der Waals surface area contributed by atoms with E-state index in [9.17, 15) is 4.79 Å². The van der Waals surface area contributed by atoms with Crippen LogP contribution in [0.15, 0.2) is 24.4 Å². The Balaban J connectivity index is 1.47. The molecule has 136 valence electrons. The van der Waals surface area contributed by atoms with Crippen LogP contribution in [-0.4, -0.2) is 66.3 Å². The molecule has 0 N–H and O–H groups in total. The minimum Gasteiger partial charge on any atom is -0.477 e. The van der Waals surface area contributed by atoms with Crippen LogP contribution in [0.2, 0.25) is 0 Å². The first-order valence-electron chi connectivity index (χ1n) is 9.46. The van der Waals surface area contributed by atoms with Crippen LogP contribution < -0.4 is 4.74 Å². The van der Waals surface area contributed by atoms with Crippen molar-refractivity contribution in [3.8, 4) is 5.88 Å². The number of aromatic nitrogens is 1. The maximum atomic E-state index is 12.8. The Hall–Kier alpha value is -1.82. The van der Waals surface area contributed by atoms with Gasteiger partial charge in [0.2, 0.25) is 5.88 Å². The first kappa shape index (κ1) is 16.6. The van der Waals surface area contributed by atoms with Crippen molar-refractivity contribution in [1.82, 2.24) is 14.8 Å². The molecule has 25 heavy (non-hydrogen) atoms. The van der Waals surface area contributed by atoms with Crippen molar-refractivity contribution < 1.29 is 14.3 Å². The topological polar surface area (TPSA) is 54.9 Å². The molecule has 2 amide bonds. The molecule has 1 aromatic heterocycles. The van der Waals surface area contributed by atoms with Crippen LogP contribution >= 0.6 is 0 Å². The summed E-state index contributed by atoms with van der Waals surface area (Å²) < 4.78 is 12.1. The molecule has 2 atom stereocenters. The molecule has 0 spiro atoms. The fourth-order valence-electron chi connectivity index (χ4n) is 4.42. The second-order valence-electron chi connectivity index (χ2n) is 7.47. The quantitative estimate of drug-likeness (QED) is 0.845. The zero-order chi connectivity index (χ0) is 17.1. The molecule has 0 saturated carbocycles. The largest absolute Gasteiger partial charge is 0.477 e. The van der Waals surface area contributed by atoms with E-state index in [0.29, 0.717) is 12.5 Å². The highest BCUT2D eigenvalue weighted by atomic mass is 16.5. The van der Waals surface area contributed by atoms with Crippen molar-refractivity contribution in [3.63, 3.8) is 0 Å². The number of nitrogens with zero attached hydrogens (tertiary/aromatic N) is 3. The highest BCUT2D eigenvalue weighted by Crippen LogP contribution is 2.41. The van der Waals surface area contributed by atoms with Gasteiger partial charge in [-0.1, -0.05) is 6.07 Å².